The number of likely N-dealkylation sites (tertiary alicyclic amines) is 1. The molecule has 0 spiro atoms. The number of hydrogen-bond donors (Lipinski definition) is 0. The monoisotopic (exact) mass is 245 g/mol. The average molecular weight is 245 g/mol. The van der Waals surface area contributed by atoms with Crippen LogP contribution in [-0.2, 0) is 16.1 Å². The van der Waals surface area contributed by atoms with Crippen molar-refractivity contribution < 1.29 is 9.53 Å². The molecule has 3 heteroatoms. The molecule has 1 aliphatic heterocycles. The van der Waals surface area contributed by atoms with E-state index < -0.39 is 0 Å². The highest BCUT2D eigenvalue weighted by molar-refractivity contribution is 5.77. The van der Waals surface area contributed by atoms with Crippen LogP contribution < -0.4 is 0 Å². The zero-order valence-electron chi connectivity index (χ0n) is 10.7. The molecule has 1 aliphatic carbocycles. The number of nitrogens with zero attached hydrogens (tertiary/aromatic N) is 1. The van der Waals surface area contributed by atoms with Crippen molar-refractivity contribution in [2.24, 2.45) is 11.8 Å². The molecule has 1 heterocycles. The molecule has 3 nitrogen and oxygen atoms in total. The number of ether oxygens (including phenoxy) is 1. The fourth-order valence-corrected chi connectivity index (χ4v) is 3.09. The second-order valence-corrected chi connectivity index (χ2v) is 5.27. The zero-order chi connectivity index (χ0) is 12.5. The van der Waals surface area contributed by atoms with Crippen LogP contribution in [0.15, 0.2) is 30.3 Å². The van der Waals surface area contributed by atoms with E-state index in [4.69, 9.17) is 4.74 Å². The van der Waals surface area contributed by atoms with Crippen molar-refractivity contribution >= 4 is 5.97 Å². The molecule has 2 aliphatic rings. The second kappa shape index (κ2) is 4.73. The van der Waals surface area contributed by atoms with Crippen molar-refractivity contribution in [2.75, 3.05) is 13.2 Å². The van der Waals surface area contributed by atoms with Crippen molar-refractivity contribution in [3.8, 4) is 0 Å². The van der Waals surface area contributed by atoms with Gasteiger partial charge in [0.2, 0.25) is 0 Å². The highest BCUT2D eigenvalue weighted by Gasteiger charge is 2.55. The lowest BCUT2D eigenvalue weighted by atomic mass is 10.1. The van der Waals surface area contributed by atoms with Crippen LogP contribution in [0.25, 0.3) is 0 Å². The van der Waals surface area contributed by atoms with Gasteiger partial charge in [0.25, 0.3) is 0 Å². The maximum absolute atomic E-state index is 12.0. The van der Waals surface area contributed by atoms with Gasteiger partial charge in [-0.05, 0) is 30.7 Å². The molecule has 2 fully saturated rings. The Bertz CT molecular complexity index is 431. The van der Waals surface area contributed by atoms with Crippen LogP contribution in [0.1, 0.15) is 18.9 Å². The minimum absolute atomic E-state index is 0.00449. The van der Waals surface area contributed by atoms with Crippen LogP contribution in [0.2, 0.25) is 0 Å². The largest absolute Gasteiger partial charge is 0.465 e. The summed E-state index contributed by atoms with van der Waals surface area (Å²) in [6, 6.07) is 10.3. The minimum atomic E-state index is -0.0292. The number of hydrogen-bond acceptors (Lipinski definition) is 3. The smallest absolute Gasteiger partial charge is 0.323 e. The maximum Gasteiger partial charge on any atom is 0.323 e. The lowest BCUT2D eigenvalue weighted by Gasteiger charge is -2.25. The Balaban J connectivity index is 1.70. The van der Waals surface area contributed by atoms with E-state index in [1.54, 1.807) is 0 Å². The van der Waals surface area contributed by atoms with Crippen molar-refractivity contribution in [3.63, 3.8) is 0 Å². The number of carbonyl (C=O) groups excluding carboxylic acids is 1. The molecule has 0 aromatic heterocycles. The summed E-state index contributed by atoms with van der Waals surface area (Å²) in [4.78, 5) is 14.3. The van der Waals surface area contributed by atoms with E-state index in [2.05, 4.69) is 17.0 Å². The van der Waals surface area contributed by atoms with E-state index in [1.165, 1.54) is 12.0 Å². The summed E-state index contributed by atoms with van der Waals surface area (Å²) < 4.78 is 5.21. The normalized spacial score (nSPS) is 29.9. The Morgan fingerprint density at radius 2 is 2.17 bits per heavy atom. The van der Waals surface area contributed by atoms with Gasteiger partial charge in [0.05, 0.1) is 6.61 Å². The molecule has 0 bridgehead atoms. The molecule has 96 valence electrons. The quantitative estimate of drug-likeness (QED) is 0.761. The molecule has 18 heavy (non-hydrogen) atoms. The van der Waals surface area contributed by atoms with Gasteiger partial charge in [-0.25, -0.2) is 0 Å². The first-order valence-electron chi connectivity index (χ1n) is 6.74. The van der Waals surface area contributed by atoms with E-state index in [9.17, 15) is 4.79 Å². The molecular formula is C15H19NO2. The van der Waals surface area contributed by atoms with Crippen molar-refractivity contribution in [3.05, 3.63) is 35.9 Å². The van der Waals surface area contributed by atoms with Crippen LogP contribution >= 0.6 is 0 Å². The summed E-state index contributed by atoms with van der Waals surface area (Å²) in [5, 5.41) is 0. The first-order valence-corrected chi connectivity index (χ1v) is 6.74. The van der Waals surface area contributed by atoms with Gasteiger partial charge in [0.1, 0.15) is 6.04 Å². The summed E-state index contributed by atoms with van der Waals surface area (Å²) in [6.45, 7) is 4.25. The van der Waals surface area contributed by atoms with Gasteiger partial charge in [-0.2, -0.15) is 0 Å². The van der Waals surface area contributed by atoms with Crippen molar-refractivity contribution in [2.45, 2.75) is 25.9 Å². The standard InChI is InChI=1S/C15H19NO2/c1-2-18-15(17)14-13-8-12(13)10-16(14)9-11-6-4-3-5-7-11/h3-7,12-14H,2,8-10H2,1H3. The Morgan fingerprint density at radius 1 is 1.39 bits per heavy atom. The topological polar surface area (TPSA) is 29.5 Å². The van der Waals surface area contributed by atoms with Crippen molar-refractivity contribution in [1.29, 1.82) is 0 Å². The molecule has 1 saturated heterocycles. The number of benzene rings is 1. The average Bonchev–Trinajstić information content (AvgIpc) is 3.02. The summed E-state index contributed by atoms with van der Waals surface area (Å²) in [5.41, 5.74) is 1.27. The van der Waals surface area contributed by atoms with Gasteiger partial charge in [-0.3, -0.25) is 9.69 Å². The second-order valence-electron chi connectivity index (χ2n) is 5.27. The summed E-state index contributed by atoms with van der Waals surface area (Å²) in [5.74, 6) is 1.24. The SMILES string of the molecule is CCOC(=O)C1C2CC2CN1Cc1ccccc1. The Hall–Kier alpha value is -1.35. The number of fused-ring (bicyclic) bond motifs is 1. The Kier molecular flexibility index (Phi) is 3.08. The summed E-state index contributed by atoms with van der Waals surface area (Å²) in [6.07, 6.45) is 1.20. The van der Waals surface area contributed by atoms with Gasteiger partial charge < -0.3 is 4.74 Å². The number of rotatable bonds is 4. The first-order chi connectivity index (χ1) is 8.79. The van der Waals surface area contributed by atoms with E-state index in [1.807, 2.05) is 25.1 Å². The van der Waals surface area contributed by atoms with Crippen LogP contribution in [-0.4, -0.2) is 30.1 Å². The highest BCUT2D eigenvalue weighted by atomic mass is 16.5. The number of piperidine rings is 1. The summed E-state index contributed by atoms with van der Waals surface area (Å²) >= 11 is 0. The van der Waals surface area contributed by atoms with Crippen LogP contribution in [0.4, 0.5) is 0 Å². The van der Waals surface area contributed by atoms with Gasteiger partial charge in [0.15, 0.2) is 0 Å². The van der Waals surface area contributed by atoms with Gasteiger partial charge in [-0.15, -0.1) is 0 Å². The van der Waals surface area contributed by atoms with Gasteiger partial charge >= 0.3 is 5.97 Å². The van der Waals surface area contributed by atoms with Gasteiger partial charge in [-0.1, -0.05) is 30.3 Å². The molecule has 0 radical (unpaired) electrons. The number of carbonyl (C=O) groups is 1. The van der Waals surface area contributed by atoms with Crippen molar-refractivity contribution in [1.82, 2.24) is 4.90 Å². The third kappa shape index (κ3) is 2.15. The molecule has 0 amide bonds. The van der Waals surface area contributed by atoms with E-state index in [0.717, 1.165) is 19.0 Å². The van der Waals surface area contributed by atoms with E-state index in [-0.39, 0.29) is 12.0 Å². The molecule has 0 N–H and O–H groups in total. The molecule has 3 atom stereocenters. The number of esters is 1. The Morgan fingerprint density at radius 3 is 2.89 bits per heavy atom. The summed E-state index contributed by atoms with van der Waals surface area (Å²) in [7, 11) is 0. The van der Waals surface area contributed by atoms with E-state index >= 15 is 0 Å². The lowest BCUT2D eigenvalue weighted by molar-refractivity contribution is -0.149. The molecular weight excluding hydrogens is 226 g/mol. The molecule has 1 aromatic rings. The van der Waals surface area contributed by atoms with Crippen LogP contribution in [0, 0.1) is 11.8 Å². The van der Waals surface area contributed by atoms with Gasteiger partial charge in [0, 0.05) is 13.1 Å². The van der Waals surface area contributed by atoms with Crippen LogP contribution in [0.5, 0.6) is 0 Å². The predicted octanol–water partition coefficient (Wildman–Crippen LogP) is 2.07. The fourth-order valence-electron chi connectivity index (χ4n) is 3.09. The van der Waals surface area contributed by atoms with E-state index in [0.29, 0.717) is 12.5 Å². The Labute approximate surface area is 108 Å². The highest BCUT2D eigenvalue weighted by Crippen LogP contribution is 2.50. The molecule has 1 saturated carbocycles. The molecule has 3 rings (SSSR count). The lowest BCUT2D eigenvalue weighted by Crippen LogP contribution is -2.40. The third-order valence-electron chi connectivity index (χ3n) is 4.00. The minimum Gasteiger partial charge on any atom is -0.465 e. The molecule has 1 aromatic carbocycles. The fraction of sp³-hybridized carbons (Fsp3) is 0.533. The first kappa shape index (κ1) is 11.7. The zero-order valence-corrected chi connectivity index (χ0v) is 10.7. The van der Waals surface area contributed by atoms with Crippen LogP contribution in [0.3, 0.4) is 0 Å². The predicted molar refractivity (Wildman–Crippen MR) is 68.9 cm³/mol. The third-order valence-corrected chi connectivity index (χ3v) is 4.00. The maximum atomic E-state index is 12.0. The molecule has 3 unspecified atom stereocenters.